The first-order valence-corrected chi connectivity index (χ1v) is 6.44. The van der Waals surface area contributed by atoms with Crippen molar-refractivity contribution in [2.75, 3.05) is 5.32 Å². The molecule has 4 nitrogen and oxygen atoms in total. The van der Waals surface area contributed by atoms with E-state index in [1.807, 2.05) is 0 Å². The molecule has 0 aromatic heterocycles. The minimum atomic E-state index is -1.35. The zero-order valence-corrected chi connectivity index (χ0v) is 11.9. The molecule has 0 fully saturated rings. The molecule has 0 aliphatic rings. The molecule has 0 heterocycles. The molecule has 1 amide bonds. The molecule has 0 aliphatic heterocycles. The number of hydrogen-bond acceptors (Lipinski definition) is 2. The molecule has 0 saturated carbocycles. The van der Waals surface area contributed by atoms with Gasteiger partial charge in [0.25, 0.3) is 5.91 Å². The van der Waals surface area contributed by atoms with Gasteiger partial charge in [-0.15, -0.1) is 0 Å². The molecule has 0 spiro atoms. The summed E-state index contributed by atoms with van der Waals surface area (Å²) in [6.45, 7) is 0. The minimum absolute atomic E-state index is 0.129. The molecule has 2 aromatic rings. The molecule has 2 N–H and O–H groups in total. The van der Waals surface area contributed by atoms with E-state index in [1.165, 1.54) is 30.3 Å². The Morgan fingerprint density at radius 3 is 2.43 bits per heavy atom. The summed E-state index contributed by atoms with van der Waals surface area (Å²) in [6.07, 6.45) is 0. The van der Waals surface area contributed by atoms with Crippen molar-refractivity contribution >= 4 is 40.8 Å². The molecular formula is C14H8Cl2FNO3. The van der Waals surface area contributed by atoms with Gasteiger partial charge in [0, 0.05) is 5.56 Å². The zero-order chi connectivity index (χ0) is 15.6. The fourth-order valence-corrected chi connectivity index (χ4v) is 1.95. The van der Waals surface area contributed by atoms with Crippen molar-refractivity contribution in [2.45, 2.75) is 0 Å². The Bertz CT molecular complexity index is 734. The van der Waals surface area contributed by atoms with E-state index >= 15 is 0 Å². The monoisotopic (exact) mass is 327 g/mol. The first-order chi connectivity index (χ1) is 9.90. The van der Waals surface area contributed by atoms with Crippen molar-refractivity contribution in [1.82, 2.24) is 0 Å². The quantitative estimate of drug-likeness (QED) is 0.892. The van der Waals surface area contributed by atoms with Crippen molar-refractivity contribution in [3.05, 3.63) is 63.4 Å². The van der Waals surface area contributed by atoms with Gasteiger partial charge >= 0.3 is 5.97 Å². The van der Waals surface area contributed by atoms with Crippen LogP contribution in [-0.2, 0) is 0 Å². The second-order valence-electron chi connectivity index (χ2n) is 4.05. The Balaban J connectivity index is 2.36. The average Bonchev–Trinajstić information content (AvgIpc) is 2.43. The molecule has 7 heteroatoms. The van der Waals surface area contributed by atoms with Crippen LogP contribution in [0.25, 0.3) is 0 Å². The van der Waals surface area contributed by atoms with Gasteiger partial charge in [0.05, 0.1) is 21.3 Å². The van der Waals surface area contributed by atoms with Crippen molar-refractivity contribution < 1.29 is 19.1 Å². The summed E-state index contributed by atoms with van der Waals surface area (Å²) in [5.41, 5.74) is -0.617. The summed E-state index contributed by atoms with van der Waals surface area (Å²) >= 11 is 11.5. The topological polar surface area (TPSA) is 66.4 Å². The number of carboxylic acids is 1. The average molecular weight is 328 g/mol. The first kappa shape index (κ1) is 15.3. The van der Waals surface area contributed by atoms with Crippen molar-refractivity contribution in [2.24, 2.45) is 0 Å². The van der Waals surface area contributed by atoms with Crippen molar-refractivity contribution in [3.63, 3.8) is 0 Å². The fraction of sp³-hybridized carbons (Fsp3) is 0. The highest BCUT2D eigenvalue weighted by atomic mass is 35.5. The van der Waals surface area contributed by atoms with Gasteiger partial charge in [0.2, 0.25) is 0 Å². The van der Waals surface area contributed by atoms with Crippen LogP contribution in [0.15, 0.2) is 36.4 Å². The maximum Gasteiger partial charge on any atom is 0.337 e. The summed E-state index contributed by atoms with van der Waals surface area (Å²) in [5, 5.41) is 11.7. The summed E-state index contributed by atoms with van der Waals surface area (Å²) in [5.74, 6) is -2.89. The maximum atomic E-state index is 13.7. The molecule has 0 aliphatic carbocycles. The molecule has 0 atom stereocenters. The lowest BCUT2D eigenvalue weighted by Gasteiger charge is -2.10. The number of carboxylic acid groups (broad SMARTS) is 1. The van der Waals surface area contributed by atoms with E-state index in [-0.39, 0.29) is 21.2 Å². The van der Waals surface area contributed by atoms with Gasteiger partial charge < -0.3 is 10.4 Å². The van der Waals surface area contributed by atoms with Crippen LogP contribution in [0, 0.1) is 5.82 Å². The minimum Gasteiger partial charge on any atom is -0.478 e. The predicted molar refractivity (Wildman–Crippen MR) is 77.8 cm³/mol. The van der Waals surface area contributed by atoms with Crippen LogP contribution in [0.5, 0.6) is 0 Å². The second kappa shape index (κ2) is 6.11. The summed E-state index contributed by atoms with van der Waals surface area (Å²) in [4.78, 5) is 23.1. The Labute approximate surface area is 129 Å². The Morgan fingerprint density at radius 1 is 1.10 bits per heavy atom. The van der Waals surface area contributed by atoms with Crippen LogP contribution in [0.4, 0.5) is 10.1 Å². The Kier molecular flexibility index (Phi) is 4.45. The number of nitrogens with one attached hydrogen (secondary N) is 1. The highest BCUT2D eigenvalue weighted by molar-refractivity contribution is 6.42. The van der Waals surface area contributed by atoms with E-state index in [0.29, 0.717) is 0 Å². The third kappa shape index (κ3) is 3.32. The SMILES string of the molecule is O=C(Nc1c(F)cccc1C(=O)O)c1ccc(Cl)c(Cl)c1. The number of halogens is 3. The number of aromatic carboxylic acids is 1. The van der Waals surface area contributed by atoms with Crippen molar-refractivity contribution in [3.8, 4) is 0 Å². The highest BCUT2D eigenvalue weighted by Crippen LogP contribution is 2.24. The number of amides is 1. The van der Waals surface area contributed by atoms with E-state index in [4.69, 9.17) is 28.3 Å². The molecule has 2 rings (SSSR count). The van der Waals surface area contributed by atoms with E-state index in [1.54, 1.807) is 0 Å². The number of rotatable bonds is 3. The smallest absolute Gasteiger partial charge is 0.337 e. The number of anilines is 1. The van der Waals surface area contributed by atoms with E-state index < -0.39 is 23.4 Å². The van der Waals surface area contributed by atoms with Gasteiger partial charge in [-0.3, -0.25) is 4.79 Å². The normalized spacial score (nSPS) is 10.2. The highest BCUT2D eigenvalue weighted by Gasteiger charge is 2.17. The van der Waals surface area contributed by atoms with Gasteiger partial charge in [-0.2, -0.15) is 0 Å². The van der Waals surface area contributed by atoms with Crippen LogP contribution >= 0.6 is 23.2 Å². The van der Waals surface area contributed by atoms with E-state index in [0.717, 1.165) is 6.07 Å². The van der Waals surface area contributed by atoms with Crippen LogP contribution in [0.3, 0.4) is 0 Å². The lowest BCUT2D eigenvalue weighted by atomic mass is 10.1. The molecule has 0 unspecified atom stereocenters. The lowest BCUT2D eigenvalue weighted by molar-refractivity contribution is 0.0697. The third-order valence-electron chi connectivity index (χ3n) is 2.66. The summed E-state index contributed by atoms with van der Waals surface area (Å²) in [6, 6.07) is 7.60. The van der Waals surface area contributed by atoms with Crippen molar-refractivity contribution in [1.29, 1.82) is 0 Å². The molecule has 0 radical (unpaired) electrons. The van der Waals surface area contributed by atoms with E-state index in [9.17, 15) is 14.0 Å². The third-order valence-corrected chi connectivity index (χ3v) is 3.40. The number of carbonyl (C=O) groups excluding carboxylic acids is 1. The standard InChI is InChI=1S/C14H8Cl2FNO3/c15-9-5-4-7(6-10(9)16)13(19)18-12-8(14(20)21)2-1-3-11(12)17/h1-6H,(H,18,19)(H,20,21). The Morgan fingerprint density at radius 2 is 1.81 bits per heavy atom. The zero-order valence-electron chi connectivity index (χ0n) is 10.4. The number of carbonyl (C=O) groups is 2. The molecular weight excluding hydrogens is 320 g/mol. The molecule has 108 valence electrons. The van der Waals surface area contributed by atoms with Gasteiger partial charge in [-0.05, 0) is 30.3 Å². The van der Waals surface area contributed by atoms with Crippen LogP contribution < -0.4 is 5.32 Å². The molecule has 0 bridgehead atoms. The van der Waals surface area contributed by atoms with Gasteiger partial charge in [-0.1, -0.05) is 29.3 Å². The fourth-order valence-electron chi connectivity index (χ4n) is 1.65. The van der Waals surface area contributed by atoms with Crippen LogP contribution in [-0.4, -0.2) is 17.0 Å². The van der Waals surface area contributed by atoms with Crippen LogP contribution in [0.1, 0.15) is 20.7 Å². The molecule has 21 heavy (non-hydrogen) atoms. The predicted octanol–water partition coefficient (Wildman–Crippen LogP) is 4.08. The van der Waals surface area contributed by atoms with Gasteiger partial charge in [0.1, 0.15) is 5.82 Å². The molecule has 0 saturated heterocycles. The number of hydrogen-bond donors (Lipinski definition) is 2. The number of para-hydroxylation sites is 1. The van der Waals surface area contributed by atoms with Gasteiger partial charge in [0.15, 0.2) is 0 Å². The lowest BCUT2D eigenvalue weighted by Crippen LogP contribution is -2.16. The second-order valence-corrected chi connectivity index (χ2v) is 4.86. The van der Waals surface area contributed by atoms with E-state index in [2.05, 4.69) is 5.32 Å². The first-order valence-electron chi connectivity index (χ1n) is 5.68. The van der Waals surface area contributed by atoms with Gasteiger partial charge in [-0.25, -0.2) is 9.18 Å². The summed E-state index contributed by atoms with van der Waals surface area (Å²) < 4.78 is 13.7. The summed E-state index contributed by atoms with van der Waals surface area (Å²) in [7, 11) is 0. The Hall–Kier alpha value is -2.11. The van der Waals surface area contributed by atoms with Crippen LogP contribution in [0.2, 0.25) is 10.0 Å². The molecule has 2 aromatic carbocycles. The maximum absolute atomic E-state index is 13.7. The largest absolute Gasteiger partial charge is 0.478 e. The number of benzene rings is 2.